The SMILES string of the molecule is COP(=O)(Cc1cc(OCc2ccccc2)ccc1OCc1ccccc1)OC. The normalized spacial score (nSPS) is 11.2. The van der Waals surface area contributed by atoms with Crippen LogP contribution < -0.4 is 9.47 Å². The van der Waals surface area contributed by atoms with Gasteiger partial charge in [-0.05, 0) is 29.3 Å². The lowest BCUT2D eigenvalue weighted by atomic mass is 10.2. The van der Waals surface area contributed by atoms with Gasteiger partial charge >= 0.3 is 7.60 Å². The van der Waals surface area contributed by atoms with Crippen LogP contribution in [0, 0.1) is 0 Å². The molecule has 0 bridgehead atoms. The summed E-state index contributed by atoms with van der Waals surface area (Å²) >= 11 is 0. The zero-order valence-electron chi connectivity index (χ0n) is 16.6. The highest BCUT2D eigenvalue weighted by molar-refractivity contribution is 7.52. The standard InChI is InChI=1S/C23H25O5P/c1-25-29(24,26-2)18-21-15-22(27-16-19-9-5-3-6-10-19)13-14-23(21)28-17-20-11-7-4-8-12-20/h3-15H,16-18H2,1-2H3. The van der Waals surface area contributed by atoms with E-state index in [2.05, 4.69) is 0 Å². The van der Waals surface area contributed by atoms with Gasteiger partial charge < -0.3 is 18.5 Å². The first-order chi connectivity index (χ1) is 14.1. The van der Waals surface area contributed by atoms with Crippen LogP contribution in [0.2, 0.25) is 0 Å². The van der Waals surface area contributed by atoms with E-state index in [0.29, 0.717) is 30.3 Å². The van der Waals surface area contributed by atoms with Gasteiger partial charge in [-0.25, -0.2) is 0 Å². The van der Waals surface area contributed by atoms with Crippen molar-refractivity contribution in [1.29, 1.82) is 0 Å². The van der Waals surface area contributed by atoms with E-state index in [9.17, 15) is 4.57 Å². The van der Waals surface area contributed by atoms with Crippen molar-refractivity contribution in [2.45, 2.75) is 19.4 Å². The number of rotatable bonds is 10. The van der Waals surface area contributed by atoms with Crippen molar-refractivity contribution in [1.82, 2.24) is 0 Å². The Bertz CT molecular complexity index is 936. The molecular formula is C23H25O5P. The predicted octanol–water partition coefficient (Wildman–Crippen LogP) is 5.83. The lowest BCUT2D eigenvalue weighted by molar-refractivity contribution is 0.271. The van der Waals surface area contributed by atoms with E-state index in [1.165, 1.54) is 14.2 Å². The van der Waals surface area contributed by atoms with E-state index in [-0.39, 0.29) is 6.16 Å². The van der Waals surface area contributed by atoms with Gasteiger partial charge in [-0.15, -0.1) is 0 Å². The lowest BCUT2D eigenvalue weighted by Gasteiger charge is -2.18. The smallest absolute Gasteiger partial charge is 0.334 e. The summed E-state index contributed by atoms with van der Waals surface area (Å²) in [6.07, 6.45) is 0.0899. The lowest BCUT2D eigenvalue weighted by Crippen LogP contribution is -2.02. The Morgan fingerprint density at radius 3 is 1.83 bits per heavy atom. The van der Waals surface area contributed by atoms with E-state index >= 15 is 0 Å². The predicted molar refractivity (Wildman–Crippen MR) is 113 cm³/mol. The molecule has 0 saturated carbocycles. The second-order valence-corrected chi connectivity index (χ2v) is 8.72. The molecule has 3 aromatic rings. The maximum absolute atomic E-state index is 12.7. The molecule has 0 amide bonds. The number of benzene rings is 3. The van der Waals surface area contributed by atoms with E-state index in [4.69, 9.17) is 18.5 Å². The van der Waals surface area contributed by atoms with Gasteiger partial charge in [0.1, 0.15) is 24.7 Å². The molecule has 5 nitrogen and oxygen atoms in total. The van der Waals surface area contributed by atoms with Gasteiger partial charge in [0.25, 0.3) is 0 Å². The van der Waals surface area contributed by atoms with E-state index in [1.807, 2.05) is 78.9 Å². The van der Waals surface area contributed by atoms with Crippen molar-refractivity contribution in [2.24, 2.45) is 0 Å². The van der Waals surface area contributed by atoms with Crippen LogP contribution >= 0.6 is 7.60 Å². The second-order valence-electron chi connectivity index (χ2n) is 6.45. The van der Waals surface area contributed by atoms with Gasteiger partial charge in [0.2, 0.25) is 0 Å². The van der Waals surface area contributed by atoms with Gasteiger partial charge in [-0.2, -0.15) is 0 Å². The fourth-order valence-corrected chi connectivity index (χ4v) is 3.87. The molecule has 0 heterocycles. The molecule has 0 aliphatic rings. The number of hydrogen-bond acceptors (Lipinski definition) is 5. The minimum Gasteiger partial charge on any atom is -0.489 e. The van der Waals surface area contributed by atoms with Crippen molar-refractivity contribution < 1.29 is 23.1 Å². The maximum Gasteiger partial charge on any atom is 0.334 e. The Kier molecular flexibility index (Phi) is 7.48. The Balaban J connectivity index is 1.79. The van der Waals surface area contributed by atoms with Crippen LogP contribution in [-0.2, 0) is 33.0 Å². The Morgan fingerprint density at radius 2 is 1.28 bits per heavy atom. The summed E-state index contributed by atoms with van der Waals surface area (Å²) < 4.78 is 34.8. The zero-order valence-corrected chi connectivity index (χ0v) is 17.5. The molecule has 0 fully saturated rings. The van der Waals surface area contributed by atoms with Crippen LogP contribution in [0.25, 0.3) is 0 Å². The fraction of sp³-hybridized carbons (Fsp3) is 0.217. The highest BCUT2D eigenvalue weighted by Gasteiger charge is 2.24. The average molecular weight is 412 g/mol. The molecule has 0 saturated heterocycles. The zero-order chi connectivity index (χ0) is 20.5. The minimum atomic E-state index is -3.26. The van der Waals surface area contributed by atoms with Crippen molar-refractivity contribution in [3.8, 4) is 11.5 Å². The molecule has 0 aliphatic carbocycles. The molecule has 0 aliphatic heterocycles. The highest BCUT2D eigenvalue weighted by atomic mass is 31.2. The fourth-order valence-electron chi connectivity index (χ4n) is 2.80. The minimum absolute atomic E-state index is 0.0899. The Morgan fingerprint density at radius 1 is 0.724 bits per heavy atom. The maximum atomic E-state index is 12.7. The summed E-state index contributed by atoms with van der Waals surface area (Å²) in [7, 11) is -0.499. The molecule has 0 N–H and O–H groups in total. The molecule has 0 aromatic heterocycles. The third kappa shape index (κ3) is 6.20. The summed E-state index contributed by atoms with van der Waals surface area (Å²) in [5, 5.41) is 0. The quantitative estimate of drug-likeness (QED) is 0.392. The van der Waals surface area contributed by atoms with Gasteiger partial charge in [0.15, 0.2) is 0 Å². The topological polar surface area (TPSA) is 54.0 Å². The molecular weight excluding hydrogens is 387 g/mol. The average Bonchev–Trinajstić information content (AvgIpc) is 2.78. The summed E-state index contributed by atoms with van der Waals surface area (Å²) in [4.78, 5) is 0. The van der Waals surface area contributed by atoms with Gasteiger partial charge in [0.05, 0.1) is 6.16 Å². The van der Waals surface area contributed by atoms with Crippen LogP contribution in [0.4, 0.5) is 0 Å². The van der Waals surface area contributed by atoms with Gasteiger partial charge in [0, 0.05) is 19.8 Å². The monoisotopic (exact) mass is 412 g/mol. The van der Waals surface area contributed by atoms with Crippen LogP contribution in [0.15, 0.2) is 78.9 Å². The van der Waals surface area contributed by atoms with Gasteiger partial charge in [-0.1, -0.05) is 60.7 Å². The molecule has 0 atom stereocenters. The summed E-state index contributed by atoms with van der Waals surface area (Å²) in [5.41, 5.74) is 2.82. The third-order valence-corrected chi connectivity index (χ3v) is 6.28. The van der Waals surface area contributed by atoms with Crippen LogP contribution in [0.1, 0.15) is 16.7 Å². The van der Waals surface area contributed by atoms with E-state index < -0.39 is 7.60 Å². The molecule has 0 spiro atoms. The summed E-state index contributed by atoms with van der Waals surface area (Å²) in [6, 6.07) is 25.3. The summed E-state index contributed by atoms with van der Waals surface area (Å²) in [5.74, 6) is 1.28. The van der Waals surface area contributed by atoms with Crippen molar-refractivity contribution >= 4 is 7.60 Å². The van der Waals surface area contributed by atoms with E-state index in [0.717, 1.165) is 11.1 Å². The number of ether oxygens (including phenoxy) is 2. The molecule has 3 aromatic carbocycles. The molecule has 0 unspecified atom stereocenters. The Hall–Kier alpha value is -2.59. The molecule has 3 rings (SSSR count). The second kappa shape index (κ2) is 10.3. The van der Waals surface area contributed by atoms with E-state index in [1.54, 1.807) is 0 Å². The molecule has 29 heavy (non-hydrogen) atoms. The highest BCUT2D eigenvalue weighted by Crippen LogP contribution is 2.51. The first kappa shape index (κ1) is 21.1. The third-order valence-electron chi connectivity index (χ3n) is 4.44. The largest absolute Gasteiger partial charge is 0.489 e. The van der Waals surface area contributed by atoms with Crippen LogP contribution in [0.3, 0.4) is 0 Å². The summed E-state index contributed by atoms with van der Waals surface area (Å²) in [6.45, 7) is 0.846. The molecule has 6 heteroatoms. The van der Waals surface area contributed by atoms with Gasteiger partial charge in [-0.3, -0.25) is 4.57 Å². The molecule has 0 radical (unpaired) electrons. The Labute approximate surface area is 171 Å². The van der Waals surface area contributed by atoms with Crippen LogP contribution in [-0.4, -0.2) is 14.2 Å². The first-order valence-electron chi connectivity index (χ1n) is 9.29. The first-order valence-corrected chi connectivity index (χ1v) is 11.0. The van der Waals surface area contributed by atoms with Crippen molar-refractivity contribution in [2.75, 3.05) is 14.2 Å². The molecule has 152 valence electrons. The van der Waals surface area contributed by atoms with Crippen molar-refractivity contribution in [3.63, 3.8) is 0 Å². The number of hydrogen-bond donors (Lipinski definition) is 0. The van der Waals surface area contributed by atoms with Crippen molar-refractivity contribution in [3.05, 3.63) is 95.6 Å². The van der Waals surface area contributed by atoms with Crippen LogP contribution in [0.5, 0.6) is 11.5 Å².